The van der Waals surface area contributed by atoms with E-state index in [-0.39, 0.29) is 17.8 Å². The van der Waals surface area contributed by atoms with Gasteiger partial charge in [-0.05, 0) is 19.1 Å². The first-order chi connectivity index (χ1) is 9.99. The number of hydrogen-bond acceptors (Lipinski definition) is 4. The zero-order chi connectivity index (χ0) is 15.4. The lowest BCUT2D eigenvalue weighted by atomic mass is 10.1. The number of nitrogens with one attached hydrogen (secondary N) is 2. The molecule has 0 spiro atoms. The molecule has 21 heavy (non-hydrogen) atoms. The molecule has 0 bridgehead atoms. The fourth-order valence-corrected chi connectivity index (χ4v) is 2.36. The number of aryl methyl sites for hydroxylation is 1. The van der Waals surface area contributed by atoms with Crippen molar-refractivity contribution >= 4 is 29.0 Å². The molecule has 1 aromatic heterocycles. The summed E-state index contributed by atoms with van der Waals surface area (Å²) < 4.78 is 13.6. The van der Waals surface area contributed by atoms with Crippen molar-refractivity contribution < 1.29 is 19.1 Å². The fourth-order valence-electron chi connectivity index (χ4n) is 1.64. The maximum Gasteiger partial charge on any atom is 0.337 e. The zero-order valence-electron chi connectivity index (χ0n) is 11.0. The number of thiazole rings is 1. The molecule has 0 fully saturated rings. The molecular weight excluding hydrogens is 297 g/mol. The Kier molecular flexibility index (Phi) is 4.49. The predicted octanol–water partition coefficient (Wildman–Crippen LogP) is 2.61. The number of carbonyl (C=O) groups excluding carboxylic acids is 1. The number of nitrogens with zero attached hydrogens (tertiary/aromatic N) is 1. The van der Waals surface area contributed by atoms with Crippen LogP contribution in [-0.4, -0.2) is 22.1 Å². The van der Waals surface area contributed by atoms with E-state index < -0.39 is 17.8 Å². The highest BCUT2D eigenvalue weighted by atomic mass is 32.1. The second kappa shape index (κ2) is 6.31. The molecule has 0 aliphatic rings. The van der Waals surface area contributed by atoms with Gasteiger partial charge < -0.3 is 15.7 Å². The highest BCUT2D eigenvalue weighted by Gasteiger charge is 2.16. The van der Waals surface area contributed by atoms with Crippen LogP contribution in [0.5, 0.6) is 0 Å². The van der Waals surface area contributed by atoms with Gasteiger partial charge in [0.15, 0.2) is 0 Å². The molecule has 0 saturated heterocycles. The highest BCUT2D eigenvalue weighted by Crippen LogP contribution is 2.20. The maximum atomic E-state index is 13.6. The highest BCUT2D eigenvalue weighted by molar-refractivity contribution is 7.09. The number of hydrogen-bond donors (Lipinski definition) is 3. The number of aromatic nitrogens is 1. The third kappa shape index (κ3) is 3.54. The van der Waals surface area contributed by atoms with Gasteiger partial charge in [-0.2, -0.15) is 0 Å². The van der Waals surface area contributed by atoms with Gasteiger partial charge in [0.05, 0.1) is 29.0 Å². The molecule has 6 nitrogen and oxygen atoms in total. The molecule has 0 aliphatic carbocycles. The first-order valence-electron chi connectivity index (χ1n) is 5.94. The minimum absolute atomic E-state index is 0.235. The lowest BCUT2D eigenvalue weighted by Gasteiger charge is -2.10. The van der Waals surface area contributed by atoms with Crippen LogP contribution in [0.15, 0.2) is 23.7 Å². The molecule has 8 heteroatoms. The van der Waals surface area contributed by atoms with E-state index in [4.69, 9.17) is 5.11 Å². The number of para-hydroxylation sites is 1. The minimum atomic E-state index is -1.32. The Bertz CT molecular complexity index is 687. The van der Waals surface area contributed by atoms with Gasteiger partial charge >= 0.3 is 12.0 Å². The van der Waals surface area contributed by atoms with Crippen LogP contribution in [0, 0.1) is 12.7 Å². The molecule has 0 saturated carbocycles. The Morgan fingerprint density at radius 1 is 1.43 bits per heavy atom. The Morgan fingerprint density at radius 3 is 2.81 bits per heavy atom. The quantitative estimate of drug-likeness (QED) is 0.809. The summed E-state index contributed by atoms with van der Waals surface area (Å²) in [6, 6.07) is 2.88. The molecule has 0 unspecified atom stereocenters. The van der Waals surface area contributed by atoms with Crippen molar-refractivity contribution in [3.05, 3.63) is 45.7 Å². The Morgan fingerprint density at radius 2 is 2.19 bits per heavy atom. The molecule has 0 atom stereocenters. The first kappa shape index (κ1) is 14.9. The Balaban J connectivity index is 2.06. The van der Waals surface area contributed by atoms with Crippen molar-refractivity contribution in [3.8, 4) is 0 Å². The van der Waals surface area contributed by atoms with Gasteiger partial charge in [0.2, 0.25) is 0 Å². The SMILES string of the molecule is Cc1ncsc1CNC(=O)Nc1c(F)cccc1C(=O)O. The number of anilines is 1. The van der Waals surface area contributed by atoms with E-state index in [2.05, 4.69) is 15.6 Å². The van der Waals surface area contributed by atoms with Gasteiger partial charge in [-0.1, -0.05) is 6.07 Å². The van der Waals surface area contributed by atoms with Crippen molar-refractivity contribution in [1.29, 1.82) is 0 Å². The molecule has 0 aliphatic heterocycles. The number of carboxylic acids is 1. The summed E-state index contributed by atoms with van der Waals surface area (Å²) in [4.78, 5) is 27.7. The fraction of sp³-hybridized carbons (Fsp3) is 0.154. The number of carbonyl (C=O) groups is 2. The minimum Gasteiger partial charge on any atom is -0.478 e. The molecular formula is C13H12FN3O3S. The molecule has 3 N–H and O–H groups in total. The van der Waals surface area contributed by atoms with E-state index in [9.17, 15) is 14.0 Å². The average molecular weight is 309 g/mol. The number of halogens is 1. The van der Waals surface area contributed by atoms with E-state index in [0.717, 1.165) is 16.6 Å². The summed E-state index contributed by atoms with van der Waals surface area (Å²) in [5.41, 5.74) is 1.80. The summed E-state index contributed by atoms with van der Waals surface area (Å²) in [5, 5.41) is 13.7. The largest absolute Gasteiger partial charge is 0.478 e. The van der Waals surface area contributed by atoms with Crippen LogP contribution in [0.3, 0.4) is 0 Å². The predicted molar refractivity (Wildman–Crippen MR) is 76.1 cm³/mol. The van der Waals surface area contributed by atoms with Gasteiger partial charge in [0.25, 0.3) is 0 Å². The summed E-state index contributed by atoms with van der Waals surface area (Å²) in [6.07, 6.45) is 0. The normalized spacial score (nSPS) is 10.2. The second-order valence-electron chi connectivity index (χ2n) is 4.14. The van der Waals surface area contributed by atoms with Crippen molar-refractivity contribution in [2.45, 2.75) is 13.5 Å². The number of benzene rings is 1. The van der Waals surface area contributed by atoms with E-state index in [0.29, 0.717) is 0 Å². The lowest BCUT2D eigenvalue weighted by molar-refractivity contribution is 0.0697. The van der Waals surface area contributed by atoms with Crippen LogP contribution < -0.4 is 10.6 Å². The number of amides is 2. The first-order valence-corrected chi connectivity index (χ1v) is 6.82. The van der Waals surface area contributed by atoms with E-state index in [1.165, 1.54) is 23.5 Å². The summed E-state index contributed by atoms with van der Waals surface area (Å²) in [6.45, 7) is 2.05. The maximum absolute atomic E-state index is 13.6. The Labute approximate surface area is 123 Å². The number of urea groups is 1. The molecule has 1 aromatic carbocycles. The lowest BCUT2D eigenvalue weighted by Crippen LogP contribution is -2.29. The summed E-state index contributed by atoms with van der Waals surface area (Å²) in [7, 11) is 0. The molecule has 2 aromatic rings. The third-order valence-corrected chi connectivity index (χ3v) is 3.67. The van der Waals surface area contributed by atoms with E-state index in [1.54, 1.807) is 5.51 Å². The van der Waals surface area contributed by atoms with Gasteiger partial charge in [-0.25, -0.2) is 19.0 Å². The van der Waals surface area contributed by atoms with Crippen LogP contribution >= 0.6 is 11.3 Å². The van der Waals surface area contributed by atoms with Crippen LogP contribution in [-0.2, 0) is 6.54 Å². The van der Waals surface area contributed by atoms with Crippen molar-refractivity contribution in [2.24, 2.45) is 0 Å². The monoisotopic (exact) mass is 309 g/mol. The molecule has 110 valence electrons. The van der Waals surface area contributed by atoms with Crippen molar-refractivity contribution in [3.63, 3.8) is 0 Å². The average Bonchev–Trinajstić information content (AvgIpc) is 2.84. The Hall–Kier alpha value is -2.48. The van der Waals surface area contributed by atoms with Gasteiger partial charge in [-0.3, -0.25) is 0 Å². The van der Waals surface area contributed by atoms with Crippen LogP contribution in [0.4, 0.5) is 14.9 Å². The summed E-state index contributed by atoms with van der Waals surface area (Å²) >= 11 is 1.39. The van der Waals surface area contributed by atoms with E-state index in [1.807, 2.05) is 6.92 Å². The zero-order valence-corrected chi connectivity index (χ0v) is 11.8. The van der Waals surface area contributed by atoms with Crippen molar-refractivity contribution in [2.75, 3.05) is 5.32 Å². The van der Waals surface area contributed by atoms with Crippen molar-refractivity contribution in [1.82, 2.24) is 10.3 Å². The standard InChI is InChI=1S/C13H12FN3O3S/c1-7-10(21-6-16-7)5-15-13(20)17-11-8(12(18)19)3-2-4-9(11)14/h2-4,6H,5H2,1H3,(H,18,19)(H2,15,17,20). The second-order valence-corrected chi connectivity index (χ2v) is 5.08. The third-order valence-electron chi connectivity index (χ3n) is 2.74. The molecule has 2 amide bonds. The van der Waals surface area contributed by atoms with Gasteiger partial charge in [-0.15, -0.1) is 11.3 Å². The molecule has 1 heterocycles. The number of carboxylic acid groups (broad SMARTS) is 1. The van der Waals surface area contributed by atoms with E-state index >= 15 is 0 Å². The van der Waals surface area contributed by atoms with Crippen LogP contribution in [0.1, 0.15) is 20.9 Å². The molecule has 2 rings (SSSR count). The molecule has 0 radical (unpaired) electrons. The topological polar surface area (TPSA) is 91.3 Å². The van der Waals surface area contributed by atoms with Gasteiger partial charge in [0.1, 0.15) is 5.82 Å². The summed E-state index contributed by atoms with van der Waals surface area (Å²) in [5.74, 6) is -2.12. The smallest absolute Gasteiger partial charge is 0.337 e. The van der Waals surface area contributed by atoms with Crippen LogP contribution in [0.2, 0.25) is 0 Å². The number of aromatic carboxylic acids is 1. The van der Waals surface area contributed by atoms with Crippen LogP contribution in [0.25, 0.3) is 0 Å². The number of rotatable bonds is 4. The van der Waals surface area contributed by atoms with Gasteiger partial charge in [0, 0.05) is 4.88 Å².